The lowest BCUT2D eigenvalue weighted by atomic mass is 10.1. The molecule has 8 heteroatoms. The second-order valence-electron chi connectivity index (χ2n) is 9.46. The zero-order chi connectivity index (χ0) is 24.6. The number of aliphatic hydroxyl groups excluding tert-OH is 1. The molecule has 2 aliphatic rings. The number of rotatable bonds is 6. The Morgan fingerprint density at radius 2 is 1.94 bits per heavy atom. The van der Waals surface area contributed by atoms with Crippen molar-refractivity contribution in [3.05, 3.63) is 77.9 Å². The summed E-state index contributed by atoms with van der Waals surface area (Å²) in [7, 11) is 0. The van der Waals surface area contributed by atoms with E-state index in [4.69, 9.17) is 9.47 Å². The number of fused-ring (bicyclic) bond motifs is 2. The lowest BCUT2D eigenvalue weighted by Gasteiger charge is -2.13. The van der Waals surface area contributed by atoms with Gasteiger partial charge in [-0.1, -0.05) is 6.07 Å². The van der Waals surface area contributed by atoms with Crippen molar-refractivity contribution in [2.75, 3.05) is 5.32 Å². The number of aromatic nitrogens is 3. The first-order chi connectivity index (χ1) is 17.5. The summed E-state index contributed by atoms with van der Waals surface area (Å²) in [5.41, 5.74) is 4.78. The summed E-state index contributed by atoms with van der Waals surface area (Å²) in [6.07, 6.45) is 4.93. The molecular formula is C28H27N5O3. The van der Waals surface area contributed by atoms with E-state index in [0.29, 0.717) is 25.0 Å². The smallest absolute Gasteiger partial charge is 0.188 e. The Morgan fingerprint density at radius 3 is 2.75 bits per heavy atom. The van der Waals surface area contributed by atoms with Gasteiger partial charge in [0.1, 0.15) is 29.7 Å². The van der Waals surface area contributed by atoms with E-state index >= 15 is 0 Å². The van der Waals surface area contributed by atoms with Crippen molar-refractivity contribution in [3.63, 3.8) is 0 Å². The highest BCUT2D eigenvalue weighted by Gasteiger charge is 2.39. The van der Waals surface area contributed by atoms with Crippen LogP contribution in [-0.2, 0) is 11.2 Å². The van der Waals surface area contributed by atoms with Crippen LogP contribution in [0.3, 0.4) is 0 Å². The lowest BCUT2D eigenvalue weighted by molar-refractivity contribution is 0.147. The van der Waals surface area contributed by atoms with Gasteiger partial charge in [0.2, 0.25) is 0 Å². The van der Waals surface area contributed by atoms with Crippen molar-refractivity contribution in [1.82, 2.24) is 15.0 Å². The van der Waals surface area contributed by atoms with E-state index in [-0.39, 0.29) is 18.2 Å². The fourth-order valence-corrected chi connectivity index (χ4v) is 4.80. The predicted octanol–water partition coefficient (Wildman–Crippen LogP) is 5.04. The lowest BCUT2D eigenvalue weighted by Crippen LogP contribution is -2.16. The van der Waals surface area contributed by atoms with Gasteiger partial charge in [0.25, 0.3) is 0 Å². The second kappa shape index (κ2) is 9.20. The van der Waals surface area contributed by atoms with Crippen LogP contribution < -0.4 is 10.1 Å². The van der Waals surface area contributed by atoms with Gasteiger partial charge >= 0.3 is 0 Å². The first-order valence-electron chi connectivity index (χ1n) is 12.1. The highest BCUT2D eigenvalue weighted by Crippen LogP contribution is 2.32. The molecule has 3 heterocycles. The van der Waals surface area contributed by atoms with E-state index in [1.54, 1.807) is 12.5 Å². The summed E-state index contributed by atoms with van der Waals surface area (Å²) in [5.74, 6) is 2.94. The molecule has 2 aromatic carbocycles. The van der Waals surface area contributed by atoms with E-state index in [1.165, 1.54) is 0 Å². The number of hydrogen-bond donors (Lipinski definition) is 2. The molecule has 1 fully saturated rings. The fourth-order valence-electron chi connectivity index (χ4n) is 4.80. The van der Waals surface area contributed by atoms with Crippen LogP contribution in [0.25, 0.3) is 10.9 Å². The number of benzene rings is 2. The Hall–Kier alpha value is -4.04. The van der Waals surface area contributed by atoms with E-state index in [1.807, 2.05) is 56.3 Å². The maximum Gasteiger partial charge on any atom is 0.188 e. The van der Waals surface area contributed by atoms with Crippen LogP contribution in [0.1, 0.15) is 29.7 Å². The normalized spacial score (nSPS) is 20.6. The molecule has 2 N–H and O–H groups in total. The molecule has 0 bridgehead atoms. The van der Waals surface area contributed by atoms with Gasteiger partial charge in [-0.2, -0.15) is 0 Å². The minimum absolute atomic E-state index is 0.00785. The summed E-state index contributed by atoms with van der Waals surface area (Å²) in [4.78, 5) is 17.9. The van der Waals surface area contributed by atoms with Crippen LogP contribution in [0.4, 0.5) is 11.5 Å². The van der Waals surface area contributed by atoms with Gasteiger partial charge in [0.15, 0.2) is 5.90 Å². The molecule has 0 amide bonds. The standard InChI is InChI=1S/C28H27N5O3/c1-16-9-19(5-8-25(16)35-21-6-3-17(2)29-14-21)32-28-22-10-18(4-7-23(22)30-15-31-28)11-27-33-24-12-20(34)13-26(24)36-27/h3-10,14-15,20,24,26,34H,11-13H2,1-2H3,(H,30,31,32)/t20-,24-,26+/m1/s1. The molecule has 1 saturated carbocycles. The summed E-state index contributed by atoms with van der Waals surface area (Å²) >= 11 is 0. The Labute approximate surface area is 209 Å². The van der Waals surface area contributed by atoms with E-state index < -0.39 is 0 Å². The molecule has 1 aliphatic carbocycles. The molecule has 36 heavy (non-hydrogen) atoms. The van der Waals surface area contributed by atoms with E-state index in [0.717, 1.165) is 50.9 Å². The van der Waals surface area contributed by atoms with Gasteiger partial charge in [-0.05, 0) is 73.9 Å². The number of nitrogens with one attached hydrogen (secondary N) is 1. The van der Waals surface area contributed by atoms with Gasteiger partial charge in [0, 0.05) is 29.6 Å². The third-order valence-electron chi connectivity index (χ3n) is 6.65. The minimum atomic E-state index is -0.305. The Morgan fingerprint density at radius 1 is 1.03 bits per heavy atom. The highest BCUT2D eigenvalue weighted by molar-refractivity contribution is 5.92. The fraction of sp³-hybridized carbons (Fsp3) is 0.286. The van der Waals surface area contributed by atoms with Crippen LogP contribution in [-0.4, -0.2) is 44.2 Å². The van der Waals surface area contributed by atoms with Gasteiger partial charge in [-0.3, -0.25) is 4.98 Å². The summed E-state index contributed by atoms with van der Waals surface area (Å²) in [6.45, 7) is 3.96. The third kappa shape index (κ3) is 4.59. The number of aryl methyl sites for hydroxylation is 2. The quantitative estimate of drug-likeness (QED) is 0.398. The Kier molecular flexibility index (Phi) is 5.73. The van der Waals surface area contributed by atoms with Crippen LogP contribution in [0.5, 0.6) is 11.5 Å². The molecule has 4 aromatic rings. The molecule has 2 aromatic heterocycles. The van der Waals surface area contributed by atoms with Gasteiger partial charge in [0.05, 0.1) is 23.9 Å². The van der Waals surface area contributed by atoms with E-state index in [2.05, 4.69) is 31.3 Å². The maximum atomic E-state index is 9.81. The monoisotopic (exact) mass is 481 g/mol. The van der Waals surface area contributed by atoms with Crippen LogP contribution in [0.2, 0.25) is 0 Å². The Bertz CT molecular complexity index is 1450. The average molecular weight is 482 g/mol. The van der Waals surface area contributed by atoms with Crippen LogP contribution in [0, 0.1) is 13.8 Å². The van der Waals surface area contributed by atoms with E-state index in [9.17, 15) is 5.11 Å². The van der Waals surface area contributed by atoms with Crippen LogP contribution in [0.15, 0.2) is 66.0 Å². The number of anilines is 2. The second-order valence-corrected chi connectivity index (χ2v) is 9.46. The number of hydrogen-bond acceptors (Lipinski definition) is 8. The average Bonchev–Trinajstić information content (AvgIpc) is 3.39. The number of ether oxygens (including phenoxy) is 2. The summed E-state index contributed by atoms with van der Waals surface area (Å²) in [6, 6.07) is 16.0. The van der Waals surface area contributed by atoms with Crippen molar-refractivity contribution < 1.29 is 14.6 Å². The number of nitrogens with zero attached hydrogens (tertiary/aromatic N) is 4. The summed E-state index contributed by atoms with van der Waals surface area (Å²) in [5, 5.41) is 14.2. The number of aliphatic imine (C=N–C) groups is 1. The topological polar surface area (TPSA) is 102 Å². The van der Waals surface area contributed by atoms with Crippen molar-refractivity contribution in [1.29, 1.82) is 0 Å². The summed E-state index contributed by atoms with van der Waals surface area (Å²) < 4.78 is 12.0. The molecule has 182 valence electrons. The number of pyridine rings is 1. The van der Waals surface area contributed by atoms with Gasteiger partial charge in [-0.15, -0.1) is 0 Å². The molecule has 8 nitrogen and oxygen atoms in total. The molecule has 0 spiro atoms. The SMILES string of the molecule is Cc1ccc(Oc2ccc(Nc3ncnc4ccc(CC5=N[C@@H]6C[C@@H](O)C[C@@H]6O5)cc34)cc2C)cn1. The molecule has 0 saturated heterocycles. The largest absolute Gasteiger partial charge is 0.475 e. The minimum Gasteiger partial charge on any atom is -0.475 e. The Balaban J connectivity index is 1.21. The predicted molar refractivity (Wildman–Crippen MR) is 138 cm³/mol. The zero-order valence-electron chi connectivity index (χ0n) is 20.2. The third-order valence-corrected chi connectivity index (χ3v) is 6.65. The first kappa shape index (κ1) is 22.4. The molecular weight excluding hydrogens is 454 g/mol. The molecule has 6 rings (SSSR count). The number of aliphatic hydroxyl groups is 1. The molecule has 0 radical (unpaired) electrons. The van der Waals surface area contributed by atoms with Crippen molar-refractivity contribution >= 4 is 28.3 Å². The molecule has 3 atom stereocenters. The first-order valence-corrected chi connectivity index (χ1v) is 12.1. The highest BCUT2D eigenvalue weighted by atomic mass is 16.5. The molecule has 0 unspecified atom stereocenters. The molecule has 1 aliphatic heterocycles. The van der Waals surface area contributed by atoms with Crippen molar-refractivity contribution in [2.24, 2.45) is 4.99 Å². The maximum absolute atomic E-state index is 9.81. The van der Waals surface area contributed by atoms with Crippen LogP contribution >= 0.6 is 0 Å². The van der Waals surface area contributed by atoms with Gasteiger partial charge in [-0.25, -0.2) is 15.0 Å². The van der Waals surface area contributed by atoms with Crippen molar-refractivity contribution in [3.8, 4) is 11.5 Å². The van der Waals surface area contributed by atoms with Gasteiger partial charge < -0.3 is 19.9 Å². The zero-order valence-corrected chi connectivity index (χ0v) is 20.2. The van der Waals surface area contributed by atoms with Crippen molar-refractivity contribution in [2.45, 2.75) is 51.4 Å².